The molecule has 0 radical (unpaired) electrons. The Kier molecular flexibility index (Phi) is 4.71. The molecule has 0 unspecified atom stereocenters. The fourth-order valence-corrected chi connectivity index (χ4v) is 2.59. The maximum Gasteiger partial charge on any atom is 0.224 e. The number of imidazole rings is 1. The summed E-state index contributed by atoms with van der Waals surface area (Å²) in [5.41, 5.74) is 4.15. The summed E-state index contributed by atoms with van der Waals surface area (Å²) in [5, 5.41) is 2.94. The number of aryl methyl sites for hydroxylation is 2. The van der Waals surface area contributed by atoms with Crippen LogP contribution >= 0.6 is 0 Å². The van der Waals surface area contributed by atoms with Crippen molar-refractivity contribution < 1.29 is 4.79 Å². The number of anilines is 1. The monoisotopic (exact) mass is 307 g/mol. The highest BCUT2D eigenvalue weighted by Gasteiger charge is 2.05. The zero-order chi connectivity index (χ0) is 16.1. The molecule has 23 heavy (non-hydrogen) atoms. The van der Waals surface area contributed by atoms with Gasteiger partial charge in [-0.1, -0.05) is 31.2 Å². The van der Waals surface area contributed by atoms with Gasteiger partial charge in [-0.2, -0.15) is 0 Å². The van der Waals surface area contributed by atoms with Crippen LogP contribution in [0.25, 0.3) is 11.0 Å². The number of nitrogens with zero attached hydrogens (tertiary/aromatic N) is 1. The molecule has 0 aliphatic carbocycles. The van der Waals surface area contributed by atoms with Gasteiger partial charge in [0.05, 0.1) is 11.0 Å². The first-order valence-electron chi connectivity index (χ1n) is 8.07. The number of carbonyl (C=O) groups is 1. The van der Waals surface area contributed by atoms with Crippen molar-refractivity contribution in [3.05, 3.63) is 59.9 Å². The molecule has 0 saturated carbocycles. The van der Waals surface area contributed by atoms with Crippen molar-refractivity contribution in [1.29, 1.82) is 0 Å². The van der Waals surface area contributed by atoms with Crippen LogP contribution < -0.4 is 5.32 Å². The van der Waals surface area contributed by atoms with Gasteiger partial charge in [-0.3, -0.25) is 4.79 Å². The van der Waals surface area contributed by atoms with E-state index in [9.17, 15) is 4.79 Å². The minimum absolute atomic E-state index is 0.0466. The first kappa shape index (κ1) is 15.3. The van der Waals surface area contributed by atoms with Gasteiger partial charge in [0.15, 0.2) is 0 Å². The van der Waals surface area contributed by atoms with Gasteiger partial charge in [0.25, 0.3) is 0 Å². The zero-order valence-corrected chi connectivity index (χ0v) is 13.3. The van der Waals surface area contributed by atoms with E-state index in [1.165, 1.54) is 5.56 Å². The number of nitrogens with one attached hydrogen (secondary N) is 2. The van der Waals surface area contributed by atoms with Crippen LogP contribution in [-0.2, 0) is 17.6 Å². The minimum atomic E-state index is 0.0466. The molecule has 1 amide bonds. The highest BCUT2D eigenvalue weighted by Crippen LogP contribution is 2.13. The standard InChI is InChI=1S/C19H21N3O/c1-2-14-10-12-15(13-11-14)20-19(23)9-5-8-18-21-16-6-3-4-7-17(16)22-18/h3-4,6-7,10-13H,2,5,8-9H2,1H3,(H,20,23)(H,21,22). The second-order valence-electron chi connectivity index (χ2n) is 5.65. The van der Waals surface area contributed by atoms with Crippen LogP contribution in [0.1, 0.15) is 31.2 Å². The van der Waals surface area contributed by atoms with Gasteiger partial charge in [-0.25, -0.2) is 4.98 Å². The zero-order valence-electron chi connectivity index (χ0n) is 13.3. The molecule has 4 nitrogen and oxygen atoms in total. The smallest absolute Gasteiger partial charge is 0.224 e. The molecule has 0 saturated heterocycles. The number of aromatic amines is 1. The summed E-state index contributed by atoms with van der Waals surface area (Å²) in [6.07, 6.45) is 3.05. The number of aromatic nitrogens is 2. The van der Waals surface area contributed by atoms with Crippen LogP contribution in [0, 0.1) is 0 Å². The largest absolute Gasteiger partial charge is 0.342 e. The van der Waals surface area contributed by atoms with Gasteiger partial charge in [-0.15, -0.1) is 0 Å². The molecule has 0 bridgehead atoms. The van der Waals surface area contributed by atoms with E-state index < -0.39 is 0 Å². The highest BCUT2D eigenvalue weighted by atomic mass is 16.1. The SMILES string of the molecule is CCc1ccc(NC(=O)CCCc2nc3ccccc3[nH]2)cc1. The lowest BCUT2D eigenvalue weighted by Gasteiger charge is -2.05. The molecule has 0 aliphatic heterocycles. The van der Waals surface area contributed by atoms with Crippen molar-refractivity contribution in [2.45, 2.75) is 32.6 Å². The van der Waals surface area contributed by atoms with Crippen molar-refractivity contribution in [3.63, 3.8) is 0 Å². The van der Waals surface area contributed by atoms with Gasteiger partial charge >= 0.3 is 0 Å². The summed E-state index contributed by atoms with van der Waals surface area (Å²) in [7, 11) is 0. The molecule has 2 aromatic carbocycles. The average molecular weight is 307 g/mol. The highest BCUT2D eigenvalue weighted by molar-refractivity contribution is 5.90. The van der Waals surface area contributed by atoms with E-state index in [2.05, 4.69) is 22.2 Å². The van der Waals surface area contributed by atoms with E-state index in [1.54, 1.807) is 0 Å². The first-order valence-corrected chi connectivity index (χ1v) is 8.07. The Labute approximate surface area is 136 Å². The molecule has 3 aromatic rings. The van der Waals surface area contributed by atoms with E-state index in [0.29, 0.717) is 6.42 Å². The molecule has 4 heteroatoms. The molecule has 0 atom stereocenters. The third-order valence-corrected chi connectivity index (χ3v) is 3.90. The number of para-hydroxylation sites is 2. The molecule has 2 N–H and O–H groups in total. The summed E-state index contributed by atoms with van der Waals surface area (Å²) in [6.45, 7) is 2.12. The van der Waals surface area contributed by atoms with E-state index in [-0.39, 0.29) is 5.91 Å². The second-order valence-corrected chi connectivity index (χ2v) is 5.65. The van der Waals surface area contributed by atoms with Gasteiger partial charge in [0.1, 0.15) is 5.82 Å². The number of hydrogen-bond acceptors (Lipinski definition) is 2. The molecule has 3 rings (SSSR count). The van der Waals surface area contributed by atoms with Crippen LogP contribution in [0.4, 0.5) is 5.69 Å². The number of carbonyl (C=O) groups excluding carboxylic acids is 1. The summed E-state index contributed by atoms with van der Waals surface area (Å²) >= 11 is 0. The third kappa shape index (κ3) is 3.97. The lowest BCUT2D eigenvalue weighted by atomic mass is 10.1. The number of H-pyrrole nitrogens is 1. The van der Waals surface area contributed by atoms with E-state index >= 15 is 0 Å². The maximum atomic E-state index is 12.0. The van der Waals surface area contributed by atoms with Crippen LogP contribution in [0.3, 0.4) is 0 Å². The second kappa shape index (κ2) is 7.09. The Morgan fingerprint density at radius 2 is 1.91 bits per heavy atom. The van der Waals surface area contributed by atoms with Gasteiger partial charge in [0.2, 0.25) is 5.91 Å². The average Bonchev–Trinajstić information content (AvgIpc) is 2.98. The van der Waals surface area contributed by atoms with Crippen LogP contribution in [-0.4, -0.2) is 15.9 Å². The Morgan fingerprint density at radius 1 is 1.13 bits per heavy atom. The van der Waals surface area contributed by atoms with Gasteiger partial charge in [0, 0.05) is 18.5 Å². The number of rotatable bonds is 6. The van der Waals surface area contributed by atoms with Crippen molar-refractivity contribution in [3.8, 4) is 0 Å². The van der Waals surface area contributed by atoms with Crippen molar-refractivity contribution in [1.82, 2.24) is 9.97 Å². The number of benzene rings is 2. The van der Waals surface area contributed by atoms with E-state index in [4.69, 9.17) is 0 Å². The Hall–Kier alpha value is -2.62. The summed E-state index contributed by atoms with van der Waals surface area (Å²) in [5.74, 6) is 0.983. The summed E-state index contributed by atoms with van der Waals surface area (Å²) in [6, 6.07) is 16.0. The number of fused-ring (bicyclic) bond motifs is 1. The minimum Gasteiger partial charge on any atom is -0.342 e. The van der Waals surface area contributed by atoms with Gasteiger partial charge < -0.3 is 10.3 Å². The topological polar surface area (TPSA) is 57.8 Å². The quantitative estimate of drug-likeness (QED) is 0.720. The first-order chi connectivity index (χ1) is 11.2. The molecular formula is C19H21N3O. The van der Waals surface area contributed by atoms with Crippen LogP contribution in [0.5, 0.6) is 0 Å². The normalized spacial score (nSPS) is 10.8. The summed E-state index contributed by atoms with van der Waals surface area (Å²) in [4.78, 5) is 19.8. The molecular weight excluding hydrogens is 286 g/mol. The lowest BCUT2D eigenvalue weighted by molar-refractivity contribution is -0.116. The predicted octanol–water partition coefficient (Wildman–Crippen LogP) is 4.09. The Balaban J connectivity index is 1.48. The third-order valence-electron chi connectivity index (χ3n) is 3.90. The van der Waals surface area contributed by atoms with Crippen molar-refractivity contribution in [2.75, 3.05) is 5.32 Å². The molecule has 1 heterocycles. The van der Waals surface area contributed by atoms with Crippen LogP contribution in [0.15, 0.2) is 48.5 Å². The lowest BCUT2D eigenvalue weighted by Crippen LogP contribution is -2.11. The van der Waals surface area contributed by atoms with Crippen molar-refractivity contribution in [2.24, 2.45) is 0 Å². The number of hydrogen-bond donors (Lipinski definition) is 2. The van der Waals surface area contributed by atoms with Crippen molar-refractivity contribution >= 4 is 22.6 Å². The maximum absolute atomic E-state index is 12.0. The molecule has 118 valence electrons. The molecule has 0 aliphatic rings. The Morgan fingerprint density at radius 3 is 2.65 bits per heavy atom. The van der Waals surface area contributed by atoms with E-state index in [1.807, 2.05) is 48.5 Å². The molecule has 1 aromatic heterocycles. The Bertz CT molecular complexity index is 757. The fourth-order valence-electron chi connectivity index (χ4n) is 2.59. The molecule has 0 fully saturated rings. The fraction of sp³-hybridized carbons (Fsp3) is 0.263. The molecule has 0 spiro atoms. The predicted molar refractivity (Wildman–Crippen MR) is 93.5 cm³/mol. The van der Waals surface area contributed by atoms with E-state index in [0.717, 1.165) is 41.8 Å². The summed E-state index contributed by atoms with van der Waals surface area (Å²) < 4.78 is 0. The number of amides is 1. The van der Waals surface area contributed by atoms with Gasteiger partial charge in [-0.05, 0) is 42.7 Å². The van der Waals surface area contributed by atoms with Crippen LogP contribution in [0.2, 0.25) is 0 Å².